The van der Waals surface area contributed by atoms with Gasteiger partial charge in [-0.05, 0) is 57.8 Å². The minimum atomic E-state index is -1.11. The van der Waals surface area contributed by atoms with Crippen LogP contribution in [0.25, 0.3) is 0 Å². The number of esters is 1. The molecule has 11 heteroatoms. The highest BCUT2D eigenvalue weighted by Gasteiger charge is 2.46. The molecule has 0 saturated heterocycles. The van der Waals surface area contributed by atoms with Crippen molar-refractivity contribution in [3.8, 4) is 0 Å². The average Bonchev–Trinajstić information content (AvgIpc) is 3.37. The third-order valence-corrected chi connectivity index (χ3v) is 8.13. The van der Waals surface area contributed by atoms with Crippen molar-refractivity contribution in [3.05, 3.63) is 29.8 Å². The Morgan fingerprint density at radius 1 is 1.12 bits per heavy atom. The summed E-state index contributed by atoms with van der Waals surface area (Å²) >= 11 is 0. The molecule has 0 aromatic heterocycles. The Morgan fingerprint density at radius 2 is 1.80 bits per heavy atom. The number of carboxylic acid groups (broad SMARTS) is 1. The van der Waals surface area contributed by atoms with Gasteiger partial charge in [0.15, 0.2) is 0 Å². The first-order valence-electron chi connectivity index (χ1n) is 13.9. The largest absolute Gasteiger partial charge is 0.481 e. The maximum absolute atomic E-state index is 13.8. The standard InChI is InChI=1S/C29H42N4O7/c1-31(2)15-16-32(3)24(34)17-21(27(37)38)18-29(13-7-8-14-29)28(39)30-22-12-11-20-9-5-6-10-23(20)33(26(22)36)19-25(35)40-4/h5-6,9-10,21-22H,7-8,11-19H2,1-4H3,(H,30,39)(H,37,38). The number of carbonyl (C=O) groups excluding carboxylic acids is 4. The van der Waals surface area contributed by atoms with Gasteiger partial charge in [0, 0.05) is 32.2 Å². The molecule has 0 radical (unpaired) electrons. The van der Waals surface area contributed by atoms with Crippen molar-refractivity contribution < 1.29 is 33.8 Å². The number of hydrogen-bond donors (Lipinski definition) is 2. The number of rotatable bonds is 12. The number of carbonyl (C=O) groups is 5. The molecule has 1 saturated carbocycles. The van der Waals surface area contributed by atoms with Crippen LogP contribution in [0.15, 0.2) is 24.3 Å². The summed E-state index contributed by atoms with van der Waals surface area (Å²) in [5.74, 6) is -3.78. The highest BCUT2D eigenvalue weighted by molar-refractivity contribution is 6.03. The monoisotopic (exact) mass is 558 g/mol. The molecule has 2 aliphatic rings. The van der Waals surface area contributed by atoms with Gasteiger partial charge < -0.3 is 25.0 Å². The zero-order valence-corrected chi connectivity index (χ0v) is 24.0. The van der Waals surface area contributed by atoms with Crippen LogP contribution in [0.2, 0.25) is 0 Å². The van der Waals surface area contributed by atoms with Gasteiger partial charge in [-0.2, -0.15) is 0 Å². The average molecular weight is 559 g/mol. The van der Waals surface area contributed by atoms with E-state index >= 15 is 0 Å². The van der Waals surface area contributed by atoms with E-state index in [9.17, 15) is 29.1 Å². The Balaban J connectivity index is 1.78. The molecule has 3 amide bonds. The lowest BCUT2D eigenvalue weighted by atomic mass is 9.75. The highest BCUT2D eigenvalue weighted by Crippen LogP contribution is 2.44. The number of aryl methyl sites for hydroxylation is 1. The smallest absolute Gasteiger partial charge is 0.325 e. The summed E-state index contributed by atoms with van der Waals surface area (Å²) in [6, 6.07) is 6.41. The number of anilines is 1. The van der Waals surface area contributed by atoms with E-state index < -0.39 is 35.2 Å². The van der Waals surface area contributed by atoms with Crippen molar-refractivity contribution in [2.75, 3.05) is 52.8 Å². The number of nitrogens with zero attached hydrogens (tertiary/aromatic N) is 3. The van der Waals surface area contributed by atoms with Crippen molar-refractivity contribution in [1.82, 2.24) is 15.1 Å². The number of ether oxygens (including phenoxy) is 1. The summed E-state index contributed by atoms with van der Waals surface area (Å²) in [6.07, 6.45) is 3.17. The van der Waals surface area contributed by atoms with Gasteiger partial charge in [-0.1, -0.05) is 31.0 Å². The predicted molar refractivity (Wildman–Crippen MR) is 149 cm³/mol. The van der Waals surface area contributed by atoms with Crippen LogP contribution < -0.4 is 10.2 Å². The quantitative estimate of drug-likeness (QED) is 0.370. The summed E-state index contributed by atoms with van der Waals surface area (Å²) in [5, 5.41) is 12.9. The Bertz CT molecular complexity index is 1100. The molecule has 220 valence electrons. The van der Waals surface area contributed by atoms with Gasteiger partial charge in [0.25, 0.3) is 0 Å². The Morgan fingerprint density at radius 3 is 2.42 bits per heavy atom. The van der Waals surface area contributed by atoms with E-state index in [0.29, 0.717) is 44.5 Å². The fourth-order valence-electron chi connectivity index (χ4n) is 5.65. The number of likely N-dealkylation sites (N-methyl/N-ethyl adjacent to an activating group) is 2. The number of para-hydroxylation sites is 1. The number of carboxylic acids is 1. The maximum atomic E-state index is 13.8. The molecule has 2 atom stereocenters. The Hall–Kier alpha value is -3.47. The van der Waals surface area contributed by atoms with Crippen LogP contribution in [0.5, 0.6) is 0 Å². The third-order valence-electron chi connectivity index (χ3n) is 8.13. The second-order valence-corrected chi connectivity index (χ2v) is 11.2. The van der Waals surface area contributed by atoms with E-state index in [1.807, 2.05) is 31.1 Å². The lowest BCUT2D eigenvalue weighted by molar-refractivity contribution is -0.148. The van der Waals surface area contributed by atoms with E-state index in [-0.39, 0.29) is 31.2 Å². The van der Waals surface area contributed by atoms with Crippen LogP contribution in [0.4, 0.5) is 5.69 Å². The van der Waals surface area contributed by atoms with Gasteiger partial charge in [0.2, 0.25) is 17.7 Å². The lowest BCUT2D eigenvalue weighted by Crippen LogP contribution is -2.53. The molecule has 11 nitrogen and oxygen atoms in total. The van der Waals surface area contributed by atoms with Crippen molar-refractivity contribution in [1.29, 1.82) is 0 Å². The molecule has 1 heterocycles. The number of methoxy groups -OCH3 is 1. The number of hydrogen-bond acceptors (Lipinski definition) is 7. The maximum Gasteiger partial charge on any atom is 0.325 e. The number of aliphatic carboxylic acids is 1. The van der Waals surface area contributed by atoms with Crippen LogP contribution in [0.3, 0.4) is 0 Å². The highest BCUT2D eigenvalue weighted by atomic mass is 16.5. The first-order chi connectivity index (χ1) is 19.0. The van der Waals surface area contributed by atoms with Gasteiger partial charge in [-0.3, -0.25) is 28.9 Å². The van der Waals surface area contributed by atoms with E-state index in [0.717, 1.165) is 18.4 Å². The van der Waals surface area contributed by atoms with E-state index in [2.05, 4.69) is 5.32 Å². The van der Waals surface area contributed by atoms with Crippen molar-refractivity contribution in [2.45, 2.75) is 57.4 Å². The van der Waals surface area contributed by atoms with Gasteiger partial charge in [0.05, 0.1) is 18.4 Å². The summed E-state index contributed by atoms with van der Waals surface area (Å²) in [6.45, 7) is 0.838. The lowest BCUT2D eigenvalue weighted by Gasteiger charge is -2.33. The third kappa shape index (κ3) is 7.59. The SMILES string of the molecule is COC(=O)CN1C(=O)C(NC(=O)C2(CC(CC(=O)N(C)CCN(C)C)C(=O)O)CCCC2)CCc2ccccc21. The fourth-order valence-corrected chi connectivity index (χ4v) is 5.65. The molecule has 1 aliphatic heterocycles. The molecule has 0 spiro atoms. The van der Waals surface area contributed by atoms with Crippen LogP contribution in [-0.4, -0.2) is 98.5 Å². The first-order valence-corrected chi connectivity index (χ1v) is 13.9. The number of fused-ring (bicyclic) bond motifs is 1. The molecule has 2 unspecified atom stereocenters. The van der Waals surface area contributed by atoms with E-state index in [1.165, 1.54) is 16.9 Å². The molecular weight excluding hydrogens is 516 g/mol. The topological polar surface area (TPSA) is 137 Å². The normalized spacial score (nSPS) is 19.0. The molecular formula is C29H42N4O7. The zero-order valence-electron chi connectivity index (χ0n) is 24.0. The van der Waals surface area contributed by atoms with Crippen molar-refractivity contribution in [3.63, 3.8) is 0 Å². The summed E-state index contributed by atoms with van der Waals surface area (Å²) in [5.41, 5.74) is 0.501. The molecule has 1 aliphatic carbocycles. The van der Waals surface area contributed by atoms with Gasteiger partial charge >= 0.3 is 11.9 Å². The van der Waals surface area contributed by atoms with Gasteiger partial charge in [0.1, 0.15) is 12.6 Å². The van der Waals surface area contributed by atoms with Gasteiger partial charge in [-0.25, -0.2) is 0 Å². The molecule has 0 bridgehead atoms. The van der Waals surface area contributed by atoms with Crippen LogP contribution >= 0.6 is 0 Å². The summed E-state index contributed by atoms with van der Waals surface area (Å²) in [7, 11) is 6.70. The van der Waals surface area contributed by atoms with E-state index in [1.54, 1.807) is 19.2 Å². The number of amides is 3. The predicted octanol–water partition coefficient (Wildman–Crippen LogP) is 1.69. The molecule has 3 rings (SSSR count). The second-order valence-electron chi connectivity index (χ2n) is 11.2. The Kier molecular flexibility index (Phi) is 10.7. The van der Waals surface area contributed by atoms with E-state index in [4.69, 9.17) is 4.74 Å². The summed E-state index contributed by atoms with van der Waals surface area (Å²) in [4.78, 5) is 69.5. The molecule has 40 heavy (non-hydrogen) atoms. The van der Waals surface area contributed by atoms with Crippen LogP contribution in [0.1, 0.15) is 50.5 Å². The minimum Gasteiger partial charge on any atom is -0.481 e. The number of nitrogens with one attached hydrogen (secondary N) is 1. The van der Waals surface area contributed by atoms with Gasteiger partial charge in [-0.15, -0.1) is 0 Å². The Labute approximate surface area is 235 Å². The molecule has 1 aromatic rings. The molecule has 1 aromatic carbocycles. The first kappa shape index (κ1) is 31.1. The molecule has 1 fully saturated rings. The van der Waals surface area contributed by atoms with Crippen molar-refractivity contribution >= 4 is 35.3 Å². The van der Waals surface area contributed by atoms with Crippen LogP contribution in [-0.2, 0) is 35.1 Å². The second kappa shape index (κ2) is 13.7. The van der Waals surface area contributed by atoms with Crippen molar-refractivity contribution in [2.24, 2.45) is 11.3 Å². The summed E-state index contributed by atoms with van der Waals surface area (Å²) < 4.78 is 4.80. The number of benzene rings is 1. The molecule has 2 N–H and O–H groups in total. The fraction of sp³-hybridized carbons (Fsp3) is 0.621. The minimum absolute atomic E-state index is 0.0223. The zero-order chi connectivity index (χ0) is 29.4. The van der Waals surface area contributed by atoms with Crippen LogP contribution in [0, 0.1) is 11.3 Å².